The maximum absolute atomic E-state index is 12.6. The molecule has 0 radical (unpaired) electrons. The average Bonchev–Trinajstić information content (AvgIpc) is 2.54. The van der Waals surface area contributed by atoms with Crippen molar-refractivity contribution in [1.29, 1.82) is 0 Å². The number of hydrogen-bond donors (Lipinski definition) is 1. The largest absolute Gasteiger partial charge is 0.496 e. The fourth-order valence-electron chi connectivity index (χ4n) is 2.81. The van der Waals surface area contributed by atoms with Crippen LogP contribution in [0.25, 0.3) is 0 Å². The highest BCUT2D eigenvalue weighted by molar-refractivity contribution is 14.1. The first-order valence-electron chi connectivity index (χ1n) is 8.09. The number of aryl methyl sites for hydroxylation is 1. The predicted molar refractivity (Wildman–Crippen MR) is 107 cm³/mol. The second kappa shape index (κ2) is 8.01. The zero-order valence-electron chi connectivity index (χ0n) is 14.8. The number of ether oxygens (including phenoxy) is 1. The molecule has 0 spiro atoms. The lowest BCUT2D eigenvalue weighted by Gasteiger charge is -2.21. The Labute approximate surface area is 157 Å². The van der Waals surface area contributed by atoms with Crippen molar-refractivity contribution in [3.63, 3.8) is 0 Å². The number of amides is 1. The van der Waals surface area contributed by atoms with Gasteiger partial charge in [-0.1, -0.05) is 26.0 Å². The summed E-state index contributed by atoms with van der Waals surface area (Å²) >= 11 is 2.19. The molecule has 4 heteroatoms. The molecule has 0 heterocycles. The van der Waals surface area contributed by atoms with Crippen molar-refractivity contribution in [3.05, 3.63) is 62.2 Å². The molecule has 2 aromatic rings. The predicted octanol–water partition coefficient (Wildman–Crippen LogP) is 5.22. The number of hydrogen-bond acceptors (Lipinski definition) is 2. The van der Waals surface area contributed by atoms with E-state index in [1.54, 1.807) is 7.11 Å². The van der Waals surface area contributed by atoms with Crippen LogP contribution in [-0.4, -0.2) is 13.0 Å². The van der Waals surface area contributed by atoms with Crippen LogP contribution in [0.5, 0.6) is 5.75 Å². The minimum atomic E-state index is -0.0723. The molecule has 128 valence electrons. The van der Waals surface area contributed by atoms with Crippen LogP contribution in [0.4, 0.5) is 0 Å². The number of rotatable bonds is 5. The van der Waals surface area contributed by atoms with E-state index in [-0.39, 0.29) is 11.9 Å². The fraction of sp³-hybridized carbons (Fsp3) is 0.350. The second-order valence-corrected chi connectivity index (χ2v) is 7.44. The molecule has 2 aromatic carbocycles. The Bertz CT molecular complexity index is 740. The van der Waals surface area contributed by atoms with E-state index in [1.165, 1.54) is 0 Å². The van der Waals surface area contributed by atoms with Crippen LogP contribution >= 0.6 is 22.6 Å². The number of nitrogens with one attached hydrogen (secondary N) is 1. The number of halogens is 1. The molecule has 1 amide bonds. The number of carbonyl (C=O) groups is 1. The van der Waals surface area contributed by atoms with Gasteiger partial charge < -0.3 is 10.1 Å². The monoisotopic (exact) mass is 437 g/mol. The summed E-state index contributed by atoms with van der Waals surface area (Å²) in [5, 5.41) is 3.11. The van der Waals surface area contributed by atoms with E-state index in [0.29, 0.717) is 11.5 Å². The van der Waals surface area contributed by atoms with Crippen molar-refractivity contribution in [2.45, 2.75) is 39.7 Å². The maximum Gasteiger partial charge on any atom is 0.252 e. The van der Waals surface area contributed by atoms with E-state index in [0.717, 1.165) is 26.0 Å². The van der Waals surface area contributed by atoms with E-state index in [4.69, 9.17) is 4.74 Å². The minimum Gasteiger partial charge on any atom is -0.496 e. The highest BCUT2D eigenvalue weighted by Gasteiger charge is 2.18. The van der Waals surface area contributed by atoms with Gasteiger partial charge in [0.25, 0.3) is 5.91 Å². The van der Waals surface area contributed by atoms with E-state index < -0.39 is 0 Å². The van der Waals surface area contributed by atoms with E-state index in [9.17, 15) is 4.79 Å². The number of benzene rings is 2. The summed E-state index contributed by atoms with van der Waals surface area (Å²) < 4.78 is 6.45. The first-order valence-corrected chi connectivity index (χ1v) is 9.16. The molecule has 0 bridgehead atoms. The van der Waals surface area contributed by atoms with Crippen molar-refractivity contribution < 1.29 is 9.53 Å². The maximum atomic E-state index is 12.6. The Morgan fingerprint density at radius 3 is 2.38 bits per heavy atom. The smallest absolute Gasteiger partial charge is 0.252 e. The Kier molecular flexibility index (Phi) is 6.27. The van der Waals surface area contributed by atoms with Gasteiger partial charge in [0.05, 0.1) is 18.7 Å². The average molecular weight is 437 g/mol. The van der Waals surface area contributed by atoms with E-state index in [2.05, 4.69) is 60.8 Å². The van der Waals surface area contributed by atoms with Gasteiger partial charge in [-0.3, -0.25) is 4.79 Å². The Hall–Kier alpha value is -1.56. The summed E-state index contributed by atoms with van der Waals surface area (Å²) in [6.07, 6.45) is 0. The topological polar surface area (TPSA) is 38.3 Å². The second-order valence-electron chi connectivity index (χ2n) is 6.28. The molecular weight excluding hydrogens is 413 g/mol. The molecular formula is C20H24INO2. The third-order valence-electron chi connectivity index (χ3n) is 4.17. The van der Waals surface area contributed by atoms with Gasteiger partial charge in [0.2, 0.25) is 0 Å². The van der Waals surface area contributed by atoms with Gasteiger partial charge in [-0.05, 0) is 83.3 Å². The quantitative estimate of drug-likeness (QED) is 0.652. The molecule has 0 fully saturated rings. The normalized spacial score (nSPS) is 12.1. The lowest BCUT2D eigenvalue weighted by atomic mass is 9.93. The molecule has 0 saturated heterocycles. The van der Waals surface area contributed by atoms with Crippen LogP contribution < -0.4 is 10.1 Å². The summed E-state index contributed by atoms with van der Waals surface area (Å²) in [4.78, 5) is 12.6. The van der Waals surface area contributed by atoms with Crippen LogP contribution in [0.2, 0.25) is 0 Å². The molecule has 0 aromatic heterocycles. The Morgan fingerprint density at radius 2 is 1.79 bits per heavy atom. The van der Waals surface area contributed by atoms with Crippen molar-refractivity contribution in [2.75, 3.05) is 7.11 Å². The minimum absolute atomic E-state index is 0.0474. The van der Waals surface area contributed by atoms with Gasteiger partial charge in [0.15, 0.2) is 0 Å². The Balaban J connectivity index is 2.29. The van der Waals surface area contributed by atoms with Gasteiger partial charge in [0, 0.05) is 3.57 Å². The van der Waals surface area contributed by atoms with Gasteiger partial charge in [-0.25, -0.2) is 0 Å². The molecule has 24 heavy (non-hydrogen) atoms. The molecule has 0 aliphatic rings. The summed E-state index contributed by atoms with van der Waals surface area (Å²) in [6.45, 7) is 8.36. The van der Waals surface area contributed by atoms with Crippen molar-refractivity contribution in [2.24, 2.45) is 0 Å². The highest BCUT2D eigenvalue weighted by Crippen LogP contribution is 2.32. The summed E-state index contributed by atoms with van der Waals surface area (Å²) in [5.74, 6) is 1.22. The molecule has 0 unspecified atom stereocenters. The standard InChI is InChI=1S/C20H24INO2/c1-12(2)16-11-17(13(3)10-19(16)24-5)14(4)22-20(23)15-8-6-7-9-18(15)21/h6-12,14H,1-5H3,(H,22,23)/t14-/m1/s1. The molecule has 1 atom stereocenters. The van der Waals surface area contributed by atoms with Crippen molar-refractivity contribution in [1.82, 2.24) is 5.32 Å². The lowest BCUT2D eigenvalue weighted by molar-refractivity contribution is 0.0939. The zero-order chi connectivity index (χ0) is 17.9. The summed E-state index contributed by atoms with van der Waals surface area (Å²) in [7, 11) is 1.70. The van der Waals surface area contributed by atoms with Gasteiger partial charge >= 0.3 is 0 Å². The van der Waals surface area contributed by atoms with Crippen LogP contribution in [0.3, 0.4) is 0 Å². The third kappa shape index (κ3) is 4.09. The zero-order valence-corrected chi connectivity index (χ0v) is 17.0. The van der Waals surface area contributed by atoms with Crippen LogP contribution in [0.15, 0.2) is 36.4 Å². The SMILES string of the molecule is COc1cc(C)c([C@@H](C)NC(=O)c2ccccc2I)cc1C(C)C. The molecule has 0 saturated carbocycles. The first-order chi connectivity index (χ1) is 11.3. The number of carbonyl (C=O) groups excluding carboxylic acids is 1. The highest BCUT2D eigenvalue weighted by atomic mass is 127. The van der Waals surface area contributed by atoms with Crippen LogP contribution in [0, 0.1) is 10.5 Å². The molecule has 2 rings (SSSR count). The van der Waals surface area contributed by atoms with Gasteiger partial charge in [0.1, 0.15) is 5.75 Å². The summed E-state index contributed by atoms with van der Waals surface area (Å²) in [5.41, 5.74) is 4.11. The number of methoxy groups -OCH3 is 1. The van der Waals surface area contributed by atoms with E-state index in [1.807, 2.05) is 31.2 Å². The lowest BCUT2D eigenvalue weighted by Crippen LogP contribution is -2.28. The first kappa shape index (κ1) is 18.8. The van der Waals surface area contributed by atoms with Crippen molar-refractivity contribution in [3.8, 4) is 5.75 Å². The van der Waals surface area contributed by atoms with E-state index >= 15 is 0 Å². The van der Waals surface area contributed by atoms with Crippen LogP contribution in [0.1, 0.15) is 59.8 Å². The van der Waals surface area contributed by atoms with Crippen molar-refractivity contribution >= 4 is 28.5 Å². The fourth-order valence-corrected chi connectivity index (χ4v) is 3.44. The molecule has 0 aliphatic heterocycles. The van der Waals surface area contributed by atoms with Gasteiger partial charge in [-0.15, -0.1) is 0 Å². The molecule has 3 nitrogen and oxygen atoms in total. The third-order valence-corrected chi connectivity index (χ3v) is 5.11. The molecule has 1 N–H and O–H groups in total. The van der Waals surface area contributed by atoms with Crippen LogP contribution in [-0.2, 0) is 0 Å². The summed E-state index contributed by atoms with van der Waals surface area (Å²) in [6, 6.07) is 11.7. The van der Waals surface area contributed by atoms with Gasteiger partial charge in [-0.2, -0.15) is 0 Å². The Morgan fingerprint density at radius 1 is 1.12 bits per heavy atom. The molecule has 0 aliphatic carbocycles.